The molecule has 28 heavy (non-hydrogen) atoms. The lowest BCUT2D eigenvalue weighted by Crippen LogP contribution is -1.99. The summed E-state index contributed by atoms with van der Waals surface area (Å²) in [6.07, 6.45) is 7.44. The Kier molecular flexibility index (Phi) is 7.03. The smallest absolute Gasteiger partial charge is 0.131 e. The van der Waals surface area contributed by atoms with Crippen LogP contribution in [0.5, 0.6) is 0 Å². The first-order chi connectivity index (χ1) is 13.5. The topological polar surface area (TPSA) is 0 Å². The summed E-state index contributed by atoms with van der Waals surface area (Å²) in [5.41, 5.74) is 5.88. The largest absolute Gasteiger partial charge is 0.206 e. The van der Waals surface area contributed by atoms with Crippen LogP contribution >= 0.6 is 0 Å². The third-order valence-corrected chi connectivity index (χ3v) is 5.61. The van der Waals surface area contributed by atoms with Gasteiger partial charge in [-0.1, -0.05) is 111 Å². The quantitative estimate of drug-likeness (QED) is 0.422. The van der Waals surface area contributed by atoms with Gasteiger partial charge in [-0.3, -0.25) is 0 Å². The third kappa shape index (κ3) is 5.55. The molecule has 4 rings (SSSR count). The van der Waals surface area contributed by atoms with Crippen molar-refractivity contribution in [3.8, 4) is 22.3 Å². The lowest BCUT2D eigenvalue weighted by Gasteiger charge is -2.15. The van der Waals surface area contributed by atoms with Crippen LogP contribution in [0.25, 0.3) is 22.3 Å². The second-order valence-corrected chi connectivity index (χ2v) is 8.17. The maximum atomic E-state index is 14.4. The second-order valence-electron chi connectivity index (χ2n) is 8.17. The van der Waals surface area contributed by atoms with Crippen molar-refractivity contribution in [2.45, 2.75) is 52.9 Å². The highest BCUT2D eigenvalue weighted by Crippen LogP contribution is 2.28. The number of aryl methyl sites for hydroxylation is 2. The Morgan fingerprint density at radius 2 is 1.14 bits per heavy atom. The molecule has 0 atom stereocenters. The SMILES string of the molecule is CC1CCCCC1.Cc1ccc(-c2ccc(-c3ccc(C)cc3)c(F)c2)cc1. The van der Waals surface area contributed by atoms with Gasteiger partial charge in [0.05, 0.1) is 0 Å². The zero-order valence-electron chi connectivity index (χ0n) is 17.3. The highest BCUT2D eigenvalue weighted by atomic mass is 19.1. The fourth-order valence-corrected chi connectivity index (χ4v) is 3.71. The van der Waals surface area contributed by atoms with E-state index in [0.717, 1.165) is 22.6 Å². The second kappa shape index (κ2) is 9.68. The van der Waals surface area contributed by atoms with Gasteiger partial charge in [0.15, 0.2) is 0 Å². The molecule has 0 saturated heterocycles. The Bertz CT molecular complexity index is 869. The average molecular weight is 375 g/mol. The molecule has 3 aromatic rings. The zero-order valence-corrected chi connectivity index (χ0v) is 17.3. The van der Waals surface area contributed by atoms with E-state index in [1.165, 1.54) is 43.2 Å². The first-order valence-electron chi connectivity index (χ1n) is 10.5. The van der Waals surface area contributed by atoms with Gasteiger partial charge in [-0.05, 0) is 42.5 Å². The van der Waals surface area contributed by atoms with Crippen molar-refractivity contribution in [2.75, 3.05) is 0 Å². The predicted molar refractivity (Wildman–Crippen MR) is 119 cm³/mol. The van der Waals surface area contributed by atoms with Gasteiger partial charge in [0.25, 0.3) is 0 Å². The summed E-state index contributed by atoms with van der Waals surface area (Å²) in [6, 6.07) is 21.5. The van der Waals surface area contributed by atoms with Crippen LogP contribution < -0.4 is 0 Å². The summed E-state index contributed by atoms with van der Waals surface area (Å²) in [7, 11) is 0. The molecule has 1 fully saturated rings. The molecule has 0 unspecified atom stereocenters. The van der Waals surface area contributed by atoms with Gasteiger partial charge < -0.3 is 0 Å². The molecule has 0 amide bonds. The van der Waals surface area contributed by atoms with Crippen LogP contribution in [0.3, 0.4) is 0 Å². The van der Waals surface area contributed by atoms with Crippen LogP contribution in [0, 0.1) is 25.6 Å². The minimum absolute atomic E-state index is 0.183. The maximum absolute atomic E-state index is 14.4. The molecule has 0 N–H and O–H groups in total. The predicted octanol–water partition coefficient (Wildman–Crippen LogP) is 8.36. The Labute approximate surface area is 169 Å². The Hall–Kier alpha value is -2.41. The summed E-state index contributed by atoms with van der Waals surface area (Å²) >= 11 is 0. The summed E-state index contributed by atoms with van der Waals surface area (Å²) in [5.74, 6) is 0.852. The van der Waals surface area contributed by atoms with Crippen molar-refractivity contribution in [3.05, 3.63) is 83.7 Å². The maximum Gasteiger partial charge on any atom is 0.131 e. The van der Waals surface area contributed by atoms with Crippen molar-refractivity contribution < 1.29 is 4.39 Å². The van der Waals surface area contributed by atoms with E-state index in [1.807, 2.05) is 74.5 Å². The molecule has 1 aliphatic carbocycles. The van der Waals surface area contributed by atoms with Gasteiger partial charge in [0.1, 0.15) is 5.82 Å². The van der Waals surface area contributed by atoms with Crippen LogP contribution in [0.1, 0.15) is 50.2 Å². The monoisotopic (exact) mass is 374 g/mol. The number of hydrogen-bond donors (Lipinski definition) is 0. The van der Waals surface area contributed by atoms with Crippen molar-refractivity contribution in [3.63, 3.8) is 0 Å². The van der Waals surface area contributed by atoms with E-state index in [2.05, 4.69) is 6.92 Å². The van der Waals surface area contributed by atoms with E-state index in [-0.39, 0.29) is 5.82 Å². The van der Waals surface area contributed by atoms with E-state index in [4.69, 9.17) is 0 Å². The van der Waals surface area contributed by atoms with Gasteiger partial charge in [-0.25, -0.2) is 4.39 Å². The Morgan fingerprint density at radius 3 is 1.61 bits per heavy atom. The van der Waals surface area contributed by atoms with Gasteiger partial charge in [0, 0.05) is 5.56 Å². The number of halogens is 1. The minimum Gasteiger partial charge on any atom is -0.206 e. The van der Waals surface area contributed by atoms with Crippen LogP contribution in [0.2, 0.25) is 0 Å². The first-order valence-corrected chi connectivity index (χ1v) is 10.5. The Balaban J connectivity index is 0.000000271. The van der Waals surface area contributed by atoms with Crippen LogP contribution in [0.4, 0.5) is 4.39 Å². The van der Waals surface area contributed by atoms with E-state index in [0.29, 0.717) is 5.56 Å². The Morgan fingerprint density at radius 1 is 0.643 bits per heavy atom. The molecule has 0 aliphatic heterocycles. The zero-order chi connectivity index (χ0) is 19.9. The average Bonchev–Trinajstić information content (AvgIpc) is 2.70. The van der Waals surface area contributed by atoms with E-state index < -0.39 is 0 Å². The normalized spacial score (nSPS) is 14.3. The first kappa shape index (κ1) is 20.3. The molecule has 0 nitrogen and oxygen atoms in total. The molecule has 0 bridgehead atoms. The lowest BCUT2D eigenvalue weighted by molar-refractivity contribution is 0.385. The minimum atomic E-state index is -0.183. The third-order valence-electron chi connectivity index (χ3n) is 5.61. The summed E-state index contributed by atoms with van der Waals surface area (Å²) < 4.78 is 14.4. The molecule has 1 saturated carbocycles. The van der Waals surface area contributed by atoms with E-state index in [9.17, 15) is 4.39 Å². The molecule has 0 radical (unpaired) electrons. The molecular formula is C27H31F. The van der Waals surface area contributed by atoms with Crippen molar-refractivity contribution in [1.29, 1.82) is 0 Å². The van der Waals surface area contributed by atoms with Crippen LogP contribution in [-0.2, 0) is 0 Å². The van der Waals surface area contributed by atoms with E-state index in [1.54, 1.807) is 6.07 Å². The fraction of sp³-hybridized carbons (Fsp3) is 0.333. The highest BCUT2D eigenvalue weighted by molar-refractivity contribution is 5.71. The lowest BCUT2D eigenvalue weighted by atomic mass is 9.91. The summed E-state index contributed by atoms with van der Waals surface area (Å²) in [5, 5.41) is 0. The molecule has 1 heteroatoms. The molecule has 0 aromatic heterocycles. The van der Waals surface area contributed by atoms with Gasteiger partial charge in [0.2, 0.25) is 0 Å². The molecule has 0 heterocycles. The van der Waals surface area contributed by atoms with Crippen LogP contribution in [-0.4, -0.2) is 0 Å². The van der Waals surface area contributed by atoms with Crippen molar-refractivity contribution in [2.24, 2.45) is 5.92 Å². The van der Waals surface area contributed by atoms with E-state index >= 15 is 0 Å². The standard InChI is InChI=1S/C20H17F.C7H14/c1-14-3-7-16(8-4-14)18-11-12-19(20(21)13-18)17-9-5-15(2)6-10-17;1-7-5-3-2-4-6-7/h3-13H,1-2H3;7H,2-6H2,1H3. The van der Waals surface area contributed by atoms with Crippen LogP contribution in [0.15, 0.2) is 66.7 Å². The van der Waals surface area contributed by atoms with Gasteiger partial charge in [-0.2, -0.15) is 0 Å². The number of rotatable bonds is 2. The molecular weight excluding hydrogens is 343 g/mol. The summed E-state index contributed by atoms with van der Waals surface area (Å²) in [4.78, 5) is 0. The van der Waals surface area contributed by atoms with Gasteiger partial charge >= 0.3 is 0 Å². The van der Waals surface area contributed by atoms with Crippen molar-refractivity contribution >= 4 is 0 Å². The number of hydrogen-bond acceptors (Lipinski definition) is 0. The molecule has 3 aromatic carbocycles. The molecule has 146 valence electrons. The molecule has 0 spiro atoms. The number of benzene rings is 3. The summed E-state index contributed by atoms with van der Waals surface area (Å²) in [6.45, 7) is 6.44. The van der Waals surface area contributed by atoms with Crippen molar-refractivity contribution in [1.82, 2.24) is 0 Å². The van der Waals surface area contributed by atoms with Gasteiger partial charge in [-0.15, -0.1) is 0 Å². The highest BCUT2D eigenvalue weighted by Gasteiger charge is 2.07. The molecule has 1 aliphatic rings. The fourth-order valence-electron chi connectivity index (χ4n) is 3.71.